The Bertz CT molecular complexity index is 191. The first-order chi connectivity index (χ1) is 6.72. The second kappa shape index (κ2) is 5.32. The third-order valence-electron chi connectivity index (χ3n) is 2.86. The van der Waals surface area contributed by atoms with E-state index in [2.05, 4.69) is 12.2 Å². The lowest BCUT2D eigenvalue weighted by Gasteiger charge is -2.13. The molecule has 14 heavy (non-hydrogen) atoms. The van der Waals surface area contributed by atoms with Gasteiger partial charge in [0.05, 0.1) is 6.61 Å². The summed E-state index contributed by atoms with van der Waals surface area (Å²) in [5, 5.41) is 2.89. The van der Waals surface area contributed by atoms with Gasteiger partial charge >= 0.3 is 0 Å². The van der Waals surface area contributed by atoms with Crippen LogP contribution in [-0.2, 0) is 9.53 Å². The van der Waals surface area contributed by atoms with Crippen molar-refractivity contribution in [1.82, 2.24) is 5.32 Å². The number of nitrogens with one attached hydrogen (secondary N) is 1. The van der Waals surface area contributed by atoms with Crippen molar-refractivity contribution in [3.05, 3.63) is 0 Å². The first-order valence-electron chi connectivity index (χ1n) is 5.27. The molecule has 0 aromatic rings. The molecule has 0 heterocycles. The lowest BCUT2D eigenvalue weighted by Crippen LogP contribution is -2.33. The zero-order chi connectivity index (χ0) is 10.4. The minimum absolute atomic E-state index is 0.0295. The Balaban J connectivity index is 2.03. The van der Waals surface area contributed by atoms with E-state index < -0.39 is 0 Å². The van der Waals surface area contributed by atoms with Crippen molar-refractivity contribution in [2.24, 2.45) is 11.1 Å². The summed E-state index contributed by atoms with van der Waals surface area (Å²) >= 11 is 0. The summed E-state index contributed by atoms with van der Waals surface area (Å²) in [5.41, 5.74) is 5.64. The molecule has 1 rings (SSSR count). The van der Waals surface area contributed by atoms with Gasteiger partial charge in [0.2, 0.25) is 5.91 Å². The molecule has 0 atom stereocenters. The van der Waals surface area contributed by atoms with Crippen molar-refractivity contribution in [2.75, 3.05) is 26.3 Å². The SMILES string of the molecule is CCC1(CNC(=O)COCCN)CC1. The van der Waals surface area contributed by atoms with Crippen molar-refractivity contribution in [2.45, 2.75) is 26.2 Å². The zero-order valence-corrected chi connectivity index (χ0v) is 8.84. The molecule has 1 amide bonds. The molecule has 0 saturated heterocycles. The molecule has 1 saturated carbocycles. The van der Waals surface area contributed by atoms with E-state index in [0.29, 0.717) is 18.6 Å². The van der Waals surface area contributed by atoms with Gasteiger partial charge in [0.15, 0.2) is 0 Å². The number of carbonyl (C=O) groups excluding carboxylic acids is 1. The van der Waals surface area contributed by atoms with Gasteiger partial charge in [0.1, 0.15) is 6.61 Å². The molecule has 3 N–H and O–H groups in total. The Kier molecular flexibility index (Phi) is 4.35. The maximum atomic E-state index is 11.2. The predicted molar refractivity (Wildman–Crippen MR) is 54.8 cm³/mol. The van der Waals surface area contributed by atoms with Crippen molar-refractivity contribution >= 4 is 5.91 Å². The molecule has 4 nitrogen and oxygen atoms in total. The summed E-state index contributed by atoms with van der Waals surface area (Å²) < 4.78 is 5.03. The Morgan fingerprint density at radius 1 is 1.57 bits per heavy atom. The van der Waals surface area contributed by atoms with Gasteiger partial charge in [0, 0.05) is 13.1 Å². The van der Waals surface area contributed by atoms with Crippen LogP contribution in [-0.4, -0.2) is 32.2 Å². The quantitative estimate of drug-likeness (QED) is 0.580. The minimum atomic E-state index is -0.0295. The van der Waals surface area contributed by atoms with Gasteiger partial charge in [-0.15, -0.1) is 0 Å². The maximum absolute atomic E-state index is 11.2. The normalized spacial score (nSPS) is 17.9. The van der Waals surface area contributed by atoms with Gasteiger partial charge in [-0.3, -0.25) is 4.79 Å². The fourth-order valence-corrected chi connectivity index (χ4v) is 1.42. The van der Waals surface area contributed by atoms with E-state index in [9.17, 15) is 4.79 Å². The van der Waals surface area contributed by atoms with Crippen LogP contribution in [0.1, 0.15) is 26.2 Å². The summed E-state index contributed by atoms with van der Waals surface area (Å²) in [7, 11) is 0. The third kappa shape index (κ3) is 3.64. The van der Waals surface area contributed by atoms with Crippen LogP contribution < -0.4 is 11.1 Å². The number of ether oxygens (including phenoxy) is 1. The number of nitrogens with two attached hydrogens (primary N) is 1. The molecule has 1 aliphatic carbocycles. The second-order valence-electron chi connectivity index (χ2n) is 3.97. The number of hydrogen-bond acceptors (Lipinski definition) is 3. The van der Waals surface area contributed by atoms with Crippen molar-refractivity contribution < 1.29 is 9.53 Å². The van der Waals surface area contributed by atoms with E-state index in [4.69, 9.17) is 10.5 Å². The smallest absolute Gasteiger partial charge is 0.246 e. The third-order valence-corrected chi connectivity index (χ3v) is 2.86. The van der Waals surface area contributed by atoms with E-state index in [1.807, 2.05) is 0 Å². The van der Waals surface area contributed by atoms with E-state index in [1.54, 1.807) is 0 Å². The zero-order valence-electron chi connectivity index (χ0n) is 8.84. The molecule has 0 spiro atoms. The molecule has 82 valence electrons. The summed E-state index contributed by atoms with van der Waals surface area (Å²) in [6, 6.07) is 0. The van der Waals surface area contributed by atoms with Crippen molar-refractivity contribution in [3.8, 4) is 0 Å². The Morgan fingerprint density at radius 3 is 2.79 bits per heavy atom. The summed E-state index contributed by atoms with van der Waals surface area (Å²) in [6.07, 6.45) is 3.64. The first-order valence-corrected chi connectivity index (χ1v) is 5.27. The topological polar surface area (TPSA) is 64.3 Å². The Hall–Kier alpha value is -0.610. The highest BCUT2D eigenvalue weighted by molar-refractivity contribution is 5.77. The van der Waals surface area contributed by atoms with Gasteiger partial charge in [0.25, 0.3) is 0 Å². The Labute approximate surface area is 85.2 Å². The number of hydrogen-bond donors (Lipinski definition) is 2. The summed E-state index contributed by atoms with van der Waals surface area (Å²) in [4.78, 5) is 11.2. The molecule has 0 aromatic carbocycles. The van der Waals surface area contributed by atoms with Crippen LogP contribution in [0.2, 0.25) is 0 Å². The molecule has 4 heteroatoms. The molecule has 0 radical (unpaired) electrons. The van der Waals surface area contributed by atoms with Gasteiger partial charge < -0.3 is 15.8 Å². The molecular weight excluding hydrogens is 180 g/mol. The number of amides is 1. The molecule has 1 aliphatic rings. The van der Waals surface area contributed by atoms with E-state index in [0.717, 1.165) is 13.0 Å². The molecule has 0 unspecified atom stereocenters. The van der Waals surface area contributed by atoms with Crippen LogP contribution in [0.4, 0.5) is 0 Å². The first kappa shape index (κ1) is 11.5. The van der Waals surface area contributed by atoms with E-state index in [-0.39, 0.29) is 12.5 Å². The molecule has 0 aliphatic heterocycles. The summed E-state index contributed by atoms with van der Waals surface area (Å²) in [5.74, 6) is -0.0295. The standard InChI is InChI=1S/C10H20N2O2/c1-2-10(3-4-10)8-12-9(13)7-14-6-5-11/h2-8,11H2,1H3,(H,12,13). The average molecular weight is 200 g/mol. The van der Waals surface area contributed by atoms with E-state index >= 15 is 0 Å². The maximum Gasteiger partial charge on any atom is 0.246 e. The largest absolute Gasteiger partial charge is 0.370 e. The molecule has 0 bridgehead atoms. The van der Waals surface area contributed by atoms with Crippen LogP contribution in [0.15, 0.2) is 0 Å². The number of rotatable bonds is 7. The van der Waals surface area contributed by atoms with Crippen molar-refractivity contribution in [3.63, 3.8) is 0 Å². The monoisotopic (exact) mass is 200 g/mol. The Morgan fingerprint density at radius 2 is 2.29 bits per heavy atom. The lowest BCUT2D eigenvalue weighted by molar-refractivity contribution is -0.125. The van der Waals surface area contributed by atoms with Crippen LogP contribution in [0.25, 0.3) is 0 Å². The second-order valence-corrected chi connectivity index (χ2v) is 3.97. The van der Waals surface area contributed by atoms with Gasteiger partial charge in [-0.05, 0) is 24.7 Å². The highest BCUT2D eigenvalue weighted by Crippen LogP contribution is 2.47. The average Bonchev–Trinajstić information content (AvgIpc) is 2.96. The van der Waals surface area contributed by atoms with Crippen LogP contribution in [0.3, 0.4) is 0 Å². The fraction of sp³-hybridized carbons (Fsp3) is 0.900. The fourth-order valence-electron chi connectivity index (χ4n) is 1.42. The van der Waals surface area contributed by atoms with Crippen LogP contribution in [0.5, 0.6) is 0 Å². The number of carbonyl (C=O) groups is 1. The van der Waals surface area contributed by atoms with Gasteiger partial charge in [-0.25, -0.2) is 0 Å². The summed E-state index contributed by atoms with van der Waals surface area (Å²) in [6.45, 7) is 4.02. The molecular formula is C10H20N2O2. The van der Waals surface area contributed by atoms with Gasteiger partial charge in [-0.1, -0.05) is 6.92 Å². The minimum Gasteiger partial charge on any atom is -0.370 e. The predicted octanol–water partition coefficient (Wildman–Crippen LogP) is 0.268. The van der Waals surface area contributed by atoms with Crippen molar-refractivity contribution in [1.29, 1.82) is 0 Å². The van der Waals surface area contributed by atoms with Crippen LogP contribution in [0, 0.1) is 5.41 Å². The van der Waals surface area contributed by atoms with Gasteiger partial charge in [-0.2, -0.15) is 0 Å². The van der Waals surface area contributed by atoms with Crippen LogP contribution >= 0.6 is 0 Å². The highest BCUT2D eigenvalue weighted by atomic mass is 16.5. The molecule has 0 aromatic heterocycles. The molecule has 1 fully saturated rings. The van der Waals surface area contributed by atoms with E-state index in [1.165, 1.54) is 12.8 Å². The lowest BCUT2D eigenvalue weighted by atomic mass is 10.0. The highest BCUT2D eigenvalue weighted by Gasteiger charge is 2.40.